The third kappa shape index (κ3) is 4.80. The van der Waals surface area contributed by atoms with E-state index in [0.29, 0.717) is 6.42 Å². The Morgan fingerprint density at radius 3 is 2.19 bits per heavy atom. The van der Waals surface area contributed by atoms with Crippen LogP contribution in [0.5, 0.6) is 0 Å². The molecule has 2 N–H and O–H groups in total. The molecule has 0 aliphatic rings. The standard InChI is InChI=1S/C16H27NO3S/c1-5-6-12-16(18,14-10-8-7-9-11-14)13-17-21(19,20)15(2,3)4/h7-11,17-18H,5-6,12-13H2,1-4H3/t16-/m1/s1. The highest BCUT2D eigenvalue weighted by atomic mass is 32.2. The fourth-order valence-electron chi connectivity index (χ4n) is 1.98. The molecule has 0 unspecified atom stereocenters. The van der Waals surface area contributed by atoms with Crippen molar-refractivity contribution in [2.75, 3.05) is 6.54 Å². The summed E-state index contributed by atoms with van der Waals surface area (Å²) in [7, 11) is -3.47. The summed E-state index contributed by atoms with van der Waals surface area (Å²) in [6.45, 7) is 6.97. The highest BCUT2D eigenvalue weighted by Crippen LogP contribution is 2.27. The Bertz CT molecular complexity index is 534. The fraction of sp³-hybridized carbons (Fsp3) is 0.625. The van der Waals surface area contributed by atoms with E-state index in [0.717, 1.165) is 18.4 Å². The molecular weight excluding hydrogens is 286 g/mol. The van der Waals surface area contributed by atoms with E-state index in [9.17, 15) is 13.5 Å². The van der Waals surface area contributed by atoms with Gasteiger partial charge in [-0.2, -0.15) is 0 Å². The minimum Gasteiger partial charge on any atom is -0.384 e. The first-order valence-corrected chi connectivity index (χ1v) is 8.88. The second kappa shape index (κ2) is 6.90. The van der Waals surface area contributed by atoms with E-state index < -0.39 is 20.4 Å². The maximum atomic E-state index is 12.2. The van der Waals surface area contributed by atoms with Crippen LogP contribution in [-0.4, -0.2) is 24.8 Å². The van der Waals surface area contributed by atoms with E-state index >= 15 is 0 Å². The number of hydrogen-bond acceptors (Lipinski definition) is 3. The van der Waals surface area contributed by atoms with Crippen LogP contribution in [0, 0.1) is 0 Å². The Morgan fingerprint density at radius 2 is 1.71 bits per heavy atom. The third-order valence-electron chi connectivity index (χ3n) is 3.62. The summed E-state index contributed by atoms with van der Waals surface area (Å²) >= 11 is 0. The van der Waals surface area contributed by atoms with Gasteiger partial charge in [0.1, 0.15) is 5.60 Å². The molecule has 0 saturated carbocycles. The van der Waals surface area contributed by atoms with Gasteiger partial charge >= 0.3 is 0 Å². The summed E-state index contributed by atoms with van der Waals surface area (Å²) in [5.41, 5.74) is -0.426. The van der Waals surface area contributed by atoms with Crippen molar-refractivity contribution < 1.29 is 13.5 Å². The van der Waals surface area contributed by atoms with E-state index in [-0.39, 0.29) is 6.54 Å². The molecule has 0 amide bonds. The number of aliphatic hydroxyl groups is 1. The van der Waals surface area contributed by atoms with Crippen molar-refractivity contribution in [1.29, 1.82) is 0 Å². The summed E-state index contributed by atoms with van der Waals surface area (Å²) in [5.74, 6) is 0. The maximum Gasteiger partial charge on any atom is 0.216 e. The molecule has 0 aromatic heterocycles. The Morgan fingerprint density at radius 1 is 1.14 bits per heavy atom. The summed E-state index contributed by atoms with van der Waals surface area (Å²) < 4.78 is 26.0. The van der Waals surface area contributed by atoms with E-state index in [4.69, 9.17) is 0 Å². The van der Waals surface area contributed by atoms with Crippen LogP contribution < -0.4 is 4.72 Å². The van der Waals surface area contributed by atoms with E-state index in [1.54, 1.807) is 20.8 Å². The van der Waals surface area contributed by atoms with Crippen molar-refractivity contribution in [3.8, 4) is 0 Å². The van der Waals surface area contributed by atoms with Crippen molar-refractivity contribution in [3.05, 3.63) is 35.9 Å². The number of hydrogen-bond donors (Lipinski definition) is 2. The van der Waals surface area contributed by atoms with Gasteiger partial charge in [-0.1, -0.05) is 50.1 Å². The van der Waals surface area contributed by atoms with Crippen molar-refractivity contribution in [2.45, 2.75) is 57.3 Å². The quantitative estimate of drug-likeness (QED) is 0.813. The predicted octanol–water partition coefficient (Wildman–Crippen LogP) is 2.78. The molecule has 1 aromatic carbocycles. The lowest BCUT2D eigenvalue weighted by Crippen LogP contribution is -2.46. The molecule has 1 rings (SSSR count). The largest absolute Gasteiger partial charge is 0.384 e. The molecule has 5 heteroatoms. The first kappa shape index (κ1) is 18.1. The third-order valence-corrected chi connectivity index (χ3v) is 5.75. The highest BCUT2D eigenvalue weighted by molar-refractivity contribution is 7.90. The zero-order valence-corrected chi connectivity index (χ0v) is 14.2. The number of unbranched alkanes of at least 4 members (excludes halogenated alkanes) is 1. The van der Waals surface area contributed by atoms with Gasteiger partial charge in [-0.05, 0) is 32.8 Å². The molecule has 0 aliphatic carbocycles. The van der Waals surface area contributed by atoms with Crippen LogP contribution in [0.3, 0.4) is 0 Å². The van der Waals surface area contributed by atoms with Crippen LogP contribution in [0.2, 0.25) is 0 Å². The molecule has 21 heavy (non-hydrogen) atoms. The summed E-state index contributed by atoms with van der Waals surface area (Å²) in [5, 5.41) is 10.9. The van der Waals surface area contributed by atoms with Crippen LogP contribution >= 0.6 is 0 Å². The zero-order chi connectivity index (χ0) is 16.1. The van der Waals surface area contributed by atoms with Crippen LogP contribution in [0.25, 0.3) is 0 Å². The number of sulfonamides is 1. The molecule has 0 bridgehead atoms. The van der Waals surface area contributed by atoms with E-state index in [1.807, 2.05) is 37.3 Å². The monoisotopic (exact) mass is 313 g/mol. The lowest BCUT2D eigenvalue weighted by Gasteiger charge is -2.30. The molecule has 120 valence electrons. The van der Waals surface area contributed by atoms with Crippen molar-refractivity contribution in [3.63, 3.8) is 0 Å². The minimum atomic E-state index is -3.47. The number of rotatable bonds is 7. The van der Waals surface area contributed by atoms with Gasteiger partial charge in [0.2, 0.25) is 10.0 Å². The van der Waals surface area contributed by atoms with Crippen molar-refractivity contribution in [2.24, 2.45) is 0 Å². The Labute approximate surface area is 128 Å². The normalized spacial score (nSPS) is 15.7. The molecule has 1 atom stereocenters. The van der Waals surface area contributed by atoms with Gasteiger partial charge in [0.15, 0.2) is 0 Å². The molecule has 0 radical (unpaired) electrons. The summed E-state index contributed by atoms with van der Waals surface area (Å²) in [6, 6.07) is 9.25. The smallest absolute Gasteiger partial charge is 0.216 e. The van der Waals surface area contributed by atoms with Gasteiger partial charge in [0, 0.05) is 6.54 Å². The minimum absolute atomic E-state index is 0.00336. The van der Waals surface area contributed by atoms with Crippen LogP contribution in [0.4, 0.5) is 0 Å². The molecule has 4 nitrogen and oxygen atoms in total. The molecule has 0 saturated heterocycles. The Balaban J connectivity index is 2.95. The van der Waals surface area contributed by atoms with Crippen LogP contribution in [-0.2, 0) is 15.6 Å². The summed E-state index contributed by atoms with van der Waals surface area (Å²) in [4.78, 5) is 0. The van der Waals surface area contributed by atoms with Crippen LogP contribution in [0.15, 0.2) is 30.3 Å². The molecule has 0 aliphatic heterocycles. The molecule has 0 heterocycles. The van der Waals surface area contributed by atoms with Crippen molar-refractivity contribution >= 4 is 10.0 Å². The Hall–Kier alpha value is -0.910. The molecular formula is C16H27NO3S. The second-order valence-corrected chi connectivity index (χ2v) is 8.96. The molecule has 0 fully saturated rings. The second-order valence-electron chi connectivity index (χ2n) is 6.44. The number of benzene rings is 1. The first-order chi connectivity index (χ1) is 9.62. The average molecular weight is 313 g/mol. The molecule has 0 spiro atoms. The van der Waals surface area contributed by atoms with Gasteiger partial charge in [0.25, 0.3) is 0 Å². The number of nitrogens with one attached hydrogen (secondary N) is 1. The van der Waals surface area contributed by atoms with Gasteiger partial charge in [-0.3, -0.25) is 0 Å². The van der Waals surface area contributed by atoms with Gasteiger partial charge < -0.3 is 5.11 Å². The lowest BCUT2D eigenvalue weighted by atomic mass is 9.89. The topological polar surface area (TPSA) is 66.4 Å². The van der Waals surface area contributed by atoms with Gasteiger partial charge in [-0.25, -0.2) is 13.1 Å². The van der Waals surface area contributed by atoms with Crippen LogP contribution in [0.1, 0.15) is 52.5 Å². The molecule has 1 aromatic rings. The summed E-state index contributed by atoms with van der Waals surface area (Å²) in [6.07, 6.45) is 2.31. The highest BCUT2D eigenvalue weighted by Gasteiger charge is 2.34. The predicted molar refractivity (Wildman–Crippen MR) is 86.5 cm³/mol. The zero-order valence-electron chi connectivity index (χ0n) is 13.4. The van der Waals surface area contributed by atoms with Gasteiger partial charge in [-0.15, -0.1) is 0 Å². The fourth-order valence-corrected chi connectivity index (χ4v) is 2.85. The maximum absolute atomic E-state index is 12.2. The van der Waals surface area contributed by atoms with E-state index in [2.05, 4.69) is 4.72 Å². The Kier molecular flexibility index (Phi) is 5.96. The van der Waals surface area contributed by atoms with Crippen molar-refractivity contribution in [1.82, 2.24) is 4.72 Å². The first-order valence-electron chi connectivity index (χ1n) is 7.39. The lowest BCUT2D eigenvalue weighted by molar-refractivity contribution is 0.0306. The van der Waals surface area contributed by atoms with Gasteiger partial charge in [0.05, 0.1) is 4.75 Å². The SMILES string of the molecule is CCCC[C@@](O)(CNS(=O)(=O)C(C)(C)C)c1ccccc1. The van der Waals surface area contributed by atoms with E-state index in [1.165, 1.54) is 0 Å². The average Bonchev–Trinajstić information content (AvgIpc) is 2.43.